The van der Waals surface area contributed by atoms with Gasteiger partial charge in [-0.05, 0) is 6.07 Å². The molecule has 5 heteroatoms. The Bertz CT molecular complexity index is 340. The van der Waals surface area contributed by atoms with Crippen molar-refractivity contribution in [3.63, 3.8) is 0 Å². The molecule has 0 aromatic carbocycles. The lowest BCUT2D eigenvalue weighted by molar-refractivity contribution is 0.0398. The van der Waals surface area contributed by atoms with Gasteiger partial charge in [-0.15, -0.1) is 0 Å². The molecule has 0 unspecified atom stereocenters. The van der Waals surface area contributed by atoms with E-state index in [0.29, 0.717) is 5.88 Å². The van der Waals surface area contributed by atoms with Crippen molar-refractivity contribution in [1.82, 2.24) is 9.88 Å². The number of methoxy groups -OCH3 is 1. The van der Waals surface area contributed by atoms with Gasteiger partial charge in [0.05, 0.1) is 20.3 Å². The standard InChI is InChI=1S/C12H19N3O2/c1-16-12-4-2-3-11(14-12)13-5-6-15-7-9-17-10-8-15/h2-4H,5-10H2,1H3,(H,13,14). The number of pyridine rings is 1. The fourth-order valence-corrected chi connectivity index (χ4v) is 1.79. The fraction of sp³-hybridized carbons (Fsp3) is 0.583. The molecule has 1 fully saturated rings. The van der Waals surface area contributed by atoms with Crippen molar-refractivity contribution in [2.45, 2.75) is 0 Å². The first kappa shape index (κ1) is 12.1. The lowest BCUT2D eigenvalue weighted by atomic mass is 10.4. The second kappa shape index (κ2) is 6.42. The Morgan fingerprint density at radius 2 is 2.24 bits per heavy atom. The molecule has 1 aliphatic heterocycles. The summed E-state index contributed by atoms with van der Waals surface area (Å²) in [7, 11) is 1.62. The van der Waals surface area contributed by atoms with E-state index < -0.39 is 0 Å². The zero-order valence-electron chi connectivity index (χ0n) is 10.2. The highest BCUT2D eigenvalue weighted by Gasteiger charge is 2.09. The van der Waals surface area contributed by atoms with E-state index in [9.17, 15) is 0 Å². The quantitative estimate of drug-likeness (QED) is 0.822. The number of rotatable bonds is 5. The highest BCUT2D eigenvalue weighted by molar-refractivity contribution is 5.36. The summed E-state index contributed by atoms with van der Waals surface area (Å²) >= 11 is 0. The van der Waals surface area contributed by atoms with Crippen molar-refractivity contribution in [2.24, 2.45) is 0 Å². The fourth-order valence-electron chi connectivity index (χ4n) is 1.79. The highest BCUT2D eigenvalue weighted by atomic mass is 16.5. The Hall–Kier alpha value is -1.33. The van der Waals surface area contributed by atoms with Crippen molar-refractivity contribution >= 4 is 5.82 Å². The van der Waals surface area contributed by atoms with Gasteiger partial charge in [0, 0.05) is 32.2 Å². The molecule has 17 heavy (non-hydrogen) atoms. The van der Waals surface area contributed by atoms with Gasteiger partial charge >= 0.3 is 0 Å². The van der Waals surface area contributed by atoms with Crippen LogP contribution in [-0.2, 0) is 4.74 Å². The third kappa shape index (κ3) is 3.87. The molecule has 0 saturated carbocycles. The number of anilines is 1. The number of morpholine rings is 1. The normalized spacial score (nSPS) is 16.8. The van der Waals surface area contributed by atoms with Crippen LogP contribution >= 0.6 is 0 Å². The molecule has 2 rings (SSSR count). The minimum atomic E-state index is 0.640. The van der Waals surface area contributed by atoms with Crippen LogP contribution in [0.4, 0.5) is 5.82 Å². The van der Waals surface area contributed by atoms with Crippen LogP contribution in [0, 0.1) is 0 Å². The van der Waals surface area contributed by atoms with Gasteiger partial charge < -0.3 is 14.8 Å². The number of aromatic nitrogens is 1. The average Bonchev–Trinajstić information content (AvgIpc) is 2.40. The third-order valence-corrected chi connectivity index (χ3v) is 2.77. The van der Waals surface area contributed by atoms with Gasteiger partial charge in [0.1, 0.15) is 5.82 Å². The van der Waals surface area contributed by atoms with Gasteiger partial charge in [-0.2, -0.15) is 4.98 Å². The molecule has 0 radical (unpaired) electrons. The molecule has 0 bridgehead atoms. The average molecular weight is 237 g/mol. The van der Waals surface area contributed by atoms with Crippen molar-refractivity contribution in [3.05, 3.63) is 18.2 Å². The maximum atomic E-state index is 5.30. The van der Waals surface area contributed by atoms with Crippen LogP contribution in [0.5, 0.6) is 5.88 Å². The second-order valence-corrected chi connectivity index (χ2v) is 3.95. The zero-order valence-corrected chi connectivity index (χ0v) is 10.2. The molecule has 1 aromatic heterocycles. The number of nitrogens with zero attached hydrogens (tertiary/aromatic N) is 2. The van der Waals surface area contributed by atoms with E-state index in [0.717, 1.165) is 45.2 Å². The van der Waals surface area contributed by atoms with Crippen LogP contribution < -0.4 is 10.1 Å². The van der Waals surface area contributed by atoms with Gasteiger partial charge in [0.25, 0.3) is 0 Å². The molecule has 0 spiro atoms. The lowest BCUT2D eigenvalue weighted by Crippen LogP contribution is -2.39. The van der Waals surface area contributed by atoms with Crippen molar-refractivity contribution in [3.8, 4) is 5.88 Å². The molecule has 5 nitrogen and oxygen atoms in total. The first-order chi connectivity index (χ1) is 8.38. The lowest BCUT2D eigenvalue weighted by Gasteiger charge is -2.26. The number of hydrogen-bond donors (Lipinski definition) is 1. The van der Waals surface area contributed by atoms with E-state index in [1.54, 1.807) is 7.11 Å². The Balaban J connectivity index is 1.73. The molecule has 2 heterocycles. The van der Waals surface area contributed by atoms with Gasteiger partial charge in [0.15, 0.2) is 0 Å². The van der Waals surface area contributed by atoms with Crippen LogP contribution in [0.15, 0.2) is 18.2 Å². The monoisotopic (exact) mass is 237 g/mol. The van der Waals surface area contributed by atoms with Gasteiger partial charge in [-0.25, -0.2) is 0 Å². The Kier molecular flexibility index (Phi) is 4.58. The second-order valence-electron chi connectivity index (χ2n) is 3.95. The van der Waals surface area contributed by atoms with E-state index in [-0.39, 0.29) is 0 Å². The SMILES string of the molecule is COc1cccc(NCCN2CCOCC2)n1. The molecule has 94 valence electrons. The summed E-state index contributed by atoms with van der Waals surface area (Å²) < 4.78 is 10.4. The molecule has 1 aliphatic rings. The predicted octanol–water partition coefficient (Wildman–Crippen LogP) is 0.834. The van der Waals surface area contributed by atoms with Crippen molar-refractivity contribution in [2.75, 3.05) is 51.8 Å². The highest BCUT2D eigenvalue weighted by Crippen LogP contribution is 2.10. The first-order valence-electron chi connectivity index (χ1n) is 5.93. The molecule has 1 N–H and O–H groups in total. The summed E-state index contributed by atoms with van der Waals surface area (Å²) in [4.78, 5) is 6.68. The zero-order chi connectivity index (χ0) is 11.9. The maximum Gasteiger partial charge on any atom is 0.214 e. The molecule has 0 aliphatic carbocycles. The van der Waals surface area contributed by atoms with E-state index >= 15 is 0 Å². The van der Waals surface area contributed by atoms with Crippen LogP contribution in [0.25, 0.3) is 0 Å². The van der Waals surface area contributed by atoms with Crippen LogP contribution in [0.2, 0.25) is 0 Å². The number of hydrogen-bond acceptors (Lipinski definition) is 5. The van der Waals surface area contributed by atoms with E-state index in [4.69, 9.17) is 9.47 Å². The molecular formula is C12H19N3O2. The maximum absolute atomic E-state index is 5.30. The summed E-state index contributed by atoms with van der Waals surface area (Å²) in [6.45, 7) is 5.64. The summed E-state index contributed by atoms with van der Waals surface area (Å²) in [5, 5.41) is 3.29. The first-order valence-corrected chi connectivity index (χ1v) is 5.93. The topological polar surface area (TPSA) is 46.6 Å². The molecule has 1 aromatic rings. The summed E-state index contributed by atoms with van der Waals surface area (Å²) in [6, 6.07) is 5.72. The summed E-state index contributed by atoms with van der Waals surface area (Å²) in [5.41, 5.74) is 0. The van der Waals surface area contributed by atoms with Gasteiger partial charge in [-0.3, -0.25) is 4.90 Å². The Morgan fingerprint density at radius 3 is 3.00 bits per heavy atom. The van der Waals surface area contributed by atoms with Gasteiger partial charge in [-0.1, -0.05) is 6.07 Å². The smallest absolute Gasteiger partial charge is 0.214 e. The molecule has 0 atom stereocenters. The predicted molar refractivity (Wildman–Crippen MR) is 66.5 cm³/mol. The Labute approximate surface area is 102 Å². The molecule has 1 saturated heterocycles. The number of ether oxygens (including phenoxy) is 2. The van der Waals surface area contributed by atoms with Crippen molar-refractivity contribution in [1.29, 1.82) is 0 Å². The molecular weight excluding hydrogens is 218 g/mol. The van der Waals surface area contributed by atoms with Gasteiger partial charge in [0.2, 0.25) is 5.88 Å². The van der Waals surface area contributed by atoms with E-state index in [1.807, 2.05) is 18.2 Å². The summed E-state index contributed by atoms with van der Waals surface area (Å²) in [6.07, 6.45) is 0. The Morgan fingerprint density at radius 1 is 1.41 bits per heavy atom. The third-order valence-electron chi connectivity index (χ3n) is 2.77. The van der Waals surface area contributed by atoms with E-state index in [2.05, 4.69) is 15.2 Å². The minimum absolute atomic E-state index is 0.640. The van der Waals surface area contributed by atoms with Crippen molar-refractivity contribution < 1.29 is 9.47 Å². The number of nitrogens with one attached hydrogen (secondary N) is 1. The minimum Gasteiger partial charge on any atom is -0.481 e. The van der Waals surface area contributed by atoms with Crippen LogP contribution in [0.3, 0.4) is 0 Å². The summed E-state index contributed by atoms with van der Waals surface area (Å²) in [5.74, 6) is 1.50. The van der Waals surface area contributed by atoms with Crippen LogP contribution in [-0.4, -0.2) is 56.4 Å². The largest absolute Gasteiger partial charge is 0.481 e. The molecule has 0 amide bonds. The van der Waals surface area contributed by atoms with Crippen LogP contribution in [0.1, 0.15) is 0 Å². The van der Waals surface area contributed by atoms with E-state index in [1.165, 1.54) is 0 Å².